The second kappa shape index (κ2) is 8.46. The first-order valence-electron chi connectivity index (χ1n) is 9.68. The van der Waals surface area contributed by atoms with Gasteiger partial charge in [-0.25, -0.2) is 4.98 Å². The lowest BCUT2D eigenvalue weighted by atomic mass is 10.1. The Morgan fingerprint density at radius 3 is 2.69 bits per heavy atom. The molecule has 1 fully saturated rings. The van der Waals surface area contributed by atoms with Gasteiger partial charge in [0.05, 0.1) is 24.8 Å². The van der Waals surface area contributed by atoms with Crippen molar-refractivity contribution < 1.29 is 8.83 Å². The topological polar surface area (TPSA) is 73.1 Å². The molecule has 4 aromatic heterocycles. The molecule has 0 saturated carbocycles. The molecule has 1 aliphatic rings. The minimum atomic E-state index is 0.628. The van der Waals surface area contributed by atoms with Gasteiger partial charge in [0, 0.05) is 24.2 Å². The summed E-state index contributed by atoms with van der Waals surface area (Å²) < 4.78 is 13.2. The number of thioether (sulfide) groups is 1. The fourth-order valence-corrected chi connectivity index (χ4v) is 5.15. The van der Waals surface area contributed by atoms with Crippen LogP contribution in [0.4, 0.5) is 5.95 Å². The van der Waals surface area contributed by atoms with Gasteiger partial charge < -0.3 is 13.7 Å². The van der Waals surface area contributed by atoms with E-state index in [1.54, 1.807) is 35.6 Å². The van der Waals surface area contributed by atoms with Gasteiger partial charge in [-0.3, -0.25) is 4.57 Å². The summed E-state index contributed by atoms with van der Waals surface area (Å²) in [6.07, 6.45) is 7.06. The third kappa shape index (κ3) is 4.11. The smallest absolute Gasteiger partial charge is 0.228 e. The lowest BCUT2D eigenvalue weighted by Crippen LogP contribution is -2.32. The summed E-state index contributed by atoms with van der Waals surface area (Å²) >= 11 is 3.25. The average molecular weight is 428 g/mol. The third-order valence-corrected chi connectivity index (χ3v) is 6.77. The van der Waals surface area contributed by atoms with Crippen molar-refractivity contribution in [3.63, 3.8) is 0 Å². The molecule has 29 heavy (non-hydrogen) atoms. The SMILES string of the molecule is c1coc(Cn2c(SCc3csc(-c4ccco4)n3)nnc2N2CCCCC2)c1. The number of thiazole rings is 1. The number of hydrogen-bond donors (Lipinski definition) is 0. The molecule has 150 valence electrons. The Hall–Kier alpha value is -2.52. The molecule has 1 saturated heterocycles. The number of nitrogens with zero attached hydrogens (tertiary/aromatic N) is 5. The molecule has 5 heterocycles. The van der Waals surface area contributed by atoms with Crippen molar-refractivity contribution in [3.05, 3.63) is 53.6 Å². The molecule has 0 amide bonds. The van der Waals surface area contributed by atoms with Gasteiger partial charge in [-0.15, -0.1) is 21.5 Å². The average Bonchev–Trinajstić information content (AvgIpc) is 3.55. The molecule has 0 spiro atoms. The highest BCUT2D eigenvalue weighted by molar-refractivity contribution is 7.98. The summed E-state index contributed by atoms with van der Waals surface area (Å²) in [6.45, 7) is 2.68. The Kier molecular flexibility index (Phi) is 5.40. The number of anilines is 1. The summed E-state index contributed by atoms with van der Waals surface area (Å²) in [4.78, 5) is 7.02. The number of rotatable bonds is 7. The van der Waals surface area contributed by atoms with Crippen LogP contribution >= 0.6 is 23.1 Å². The second-order valence-electron chi connectivity index (χ2n) is 6.91. The van der Waals surface area contributed by atoms with E-state index >= 15 is 0 Å². The maximum atomic E-state index is 5.59. The molecule has 0 unspecified atom stereocenters. The fraction of sp³-hybridized carbons (Fsp3) is 0.350. The molecule has 1 aliphatic heterocycles. The van der Waals surface area contributed by atoms with Crippen molar-refractivity contribution >= 4 is 29.0 Å². The van der Waals surface area contributed by atoms with Crippen molar-refractivity contribution in [2.45, 2.75) is 36.7 Å². The minimum absolute atomic E-state index is 0.628. The fourth-order valence-electron chi connectivity index (χ4n) is 3.44. The highest BCUT2D eigenvalue weighted by Crippen LogP contribution is 2.30. The summed E-state index contributed by atoms with van der Waals surface area (Å²) in [6, 6.07) is 7.72. The normalized spacial score (nSPS) is 14.6. The van der Waals surface area contributed by atoms with Crippen LogP contribution < -0.4 is 4.90 Å². The molecule has 0 bridgehead atoms. The molecule has 0 aliphatic carbocycles. The molecular formula is C20H21N5O2S2. The Balaban J connectivity index is 1.35. The van der Waals surface area contributed by atoms with Crippen molar-refractivity contribution in [1.29, 1.82) is 0 Å². The summed E-state index contributed by atoms with van der Waals surface area (Å²) in [7, 11) is 0. The molecule has 9 heteroatoms. The second-order valence-corrected chi connectivity index (χ2v) is 8.71. The lowest BCUT2D eigenvalue weighted by Gasteiger charge is -2.27. The minimum Gasteiger partial charge on any atom is -0.467 e. The van der Waals surface area contributed by atoms with E-state index in [4.69, 9.17) is 8.83 Å². The Morgan fingerprint density at radius 2 is 1.90 bits per heavy atom. The van der Waals surface area contributed by atoms with E-state index in [1.807, 2.05) is 24.3 Å². The van der Waals surface area contributed by atoms with E-state index < -0.39 is 0 Å². The maximum Gasteiger partial charge on any atom is 0.228 e. The predicted octanol–water partition coefficient (Wildman–Crippen LogP) is 4.92. The van der Waals surface area contributed by atoms with E-state index in [-0.39, 0.29) is 0 Å². The number of furan rings is 2. The zero-order valence-corrected chi connectivity index (χ0v) is 17.5. The molecule has 0 atom stereocenters. The van der Waals surface area contributed by atoms with Gasteiger partial charge in [0.2, 0.25) is 5.95 Å². The molecular weight excluding hydrogens is 406 g/mol. The van der Waals surface area contributed by atoms with Crippen molar-refractivity contribution in [2.24, 2.45) is 0 Å². The zero-order chi connectivity index (χ0) is 19.5. The van der Waals surface area contributed by atoms with Gasteiger partial charge in [-0.2, -0.15) is 0 Å². The molecule has 4 aromatic rings. The van der Waals surface area contributed by atoms with Crippen LogP contribution in [0.5, 0.6) is 0 Å². The first kappa shape index (κ1) is 18.5. The molecule has 0 radical (unpaired) electrons. The Labute approximate surface area is 176 Å². The van der Waals surface area contributed by atoms with Gasteiger partial charge in [-0.1, -0.05) is 11.8 Å². The van der Waals surface area contributed by atoms with Crippen LogP contribution in [0, 0.1) is 0 Å². The van der Waals surface area contributed by atoms with Crippen molar-refractivity contribution in [2.75, 3.05) is 18.0 Å². The molecule has 0 N–H and O–H groups in total. The Morgan fingerprint density at radius 1 is 1.03 bits per heavy atom. The van der Waals surface area contributed by atoms with Gasteiger partial charge >= 0.3 is 0 Å². The highest BCUT2D eigenvalue weighted by atomic mass is 32.2. The van der Waals surface area contributed by atoms with E-state index in [0.717, 1.165) is 52.2 Å². The summed E-state index contributed by atoms with van der Waals surface area (Å²) in [5, 5.41) is 12.9. The van der Waals surface area contributed by atoms with Crippen LogP contribution in [-0.2, 0) is 12.3 Å². The van der Waals surface area contributed by atoms with Crippen molar-refractivity contribution in [1.82, 2.24) is 19.7 Å². The van der Waals surface area contributed by atoms with Gasteiger partial charge in [0.15, 0.2) is 15.9 Å². The largest absolute Gasteiger partial charge is 0.467 e. The maximum absolute atomic E-state index is 5.59. The molecule has 0 aromatic carbocycles. The monoisotopic (exact) mass is 427 g/mol. The van der Waals surface area contributed by atoms with Crippen LogP contribution in [-0.4, -0.2) is 32.8 Å². The first-order valence-corrected chi connectivity index (χ1v) is 11.5. The predicted molar refractivity (Wildman–Crippen MR) is 113 cm³/mol. The summed E-state index contributed by atoms with van der Waals surface area (Å²) in [5.41, 5.74) is 1.01. The zero-order valence-electron chi connectivity index (χ0n) is 15.9. The van der Waals surface area contributed by atoms with Gasteiger partial charge in [0.25, 0.3) is 0 Å². The lowest BCUT2D eigenvalue weighted by molar-refractivity contribution is 0.479. The number of piperidine rings is 1. The molecule has 5 rings (SSSR count). The van der Waals surface area contributed by atoms with Gasteiger partial charge in [-0.05, 0) is 43.5 Å². The first-order chi connectivity index (χ1) is 14.4. The third-order valence-electron chi connectivity index (χ3n) is 4.86. The van der Waals surface area contributed by atoms with Crippen LogP contribution in [0.25, 0.3) is 10.8 Å². The van der Waals surface area contributed by atoms with E-state index in [0.29, 0.717) is 6.54 Å². The van der Waals surface area contributed by atoms with E-state index in [2.05, 4.69) is 30.0 Å². The van der Waals surface area contributed by atoms with E-state index in [1.165, 1.54) is 19.3 Å². The van der Waals surface area contributed by atoms with Crippen LogP contribution in [0.3, 0.4) is 0 Å². The van der Waals surface area contributed by atoms with Crippen LogP contribution in [0.1, 0.15) is 30.7 Å². The van der Waals surface area contributed by atoms with Crippen LogP contribution in [0.2, 0.25) is 0 Å². The van der Waals surface area contributed by atoms with E-state index in [9.17, 15) is 0 Å². The van der Waals surface area contributed by atoms with Gasteiger partial charge in [0.1, 0.15) is 5.76 Å². The summed E-state index contributed by atoms with van der Waals surface area (Å²) in [5.74, 6) is 3.37. The highest BCUT2D eigenvalue weighted by Gasteiger charge is 2.21. The molecule has 7 nitrogen and oxygen atoms in total. The van der Waals surface area contributed by atoms with Crippen molar-refractivity contribution in [3.8, 4) is 10.8 Å². The van der Waals surface area contributed by atoms with Crippen LogP contribution in [0.15, 0.2) is 56.2 Å². The quantitative estimate of drug-likeness (QED) is 0.388. The Bertz CT molecular complexity index is 1030. The standard InChI is InChI=1S/C20H21N5O2S2/c1-2-8-24(9-3-1)19-22-23-20(25(19)12-16-6-4-10-26-16)29-14-15-13-28-18(21-15)17-7-5-11-27-17/h4-7,10-11,13H,1-3,8-9,12,14H2. The number of aromatic nitrogens is 4. The number of hydrogen-bond acceptors (Lipinski definition) is 8.